The maximum Gasteiger partial charge on any atom is 0.318 e. The summed E-state index contributed by atoms with van der Waals surface area (Å²) >= 11 is 7.55. The smallest absolute Gasteiger partial charge is 0.318 e. The van der Waals surface area contributed by atoms with E-state index in [9.17, 15) is 22.8 Å². The lowest BCUT2D eigenvalue weighted by atomic mass is 9.96. The minimum absolute atomic E-state index is 0.0368. The number of hydrogen-bond donors (Lipinski definition) is 3. The molecule has 5 N–H and O–H groups in total. The van der Waals surface area contributed by atoms with E-state index in [0.29, 0.717) is 24.9 Å². The first-order valence-corrected chi connectivity index (χ1v) is 17.5. The van der Waals surface area contributed by atoms with E-state index in [1.807, 2.05) is 6.07 Å². The van der Waals surface area contributed by atoms with Crippen molar-refractivity contribution in [1.82, 2.24) is 19.9 Å². The van der Waals surface area contributed by atoms with Gasteiger partial charge in [0, 0.05) is 35.3 Å². The normalized spacial score (nSPS) is 17.6. The minimum Gasteiger partial charge on any atom is -0.489 e. The van der Waals surface area contributed by atoms with Crippen LogP contribution in [-0.4, -0.2) is 71.3 Å². The van der Waals surface area contributed by atoms with Crippen LogP contribution in [0.25, 0.3) is 32.1 Å². The Morgan fingerprint density at radius 3 is 2.72 bits per heavy atom. The van der Waals surface area contributed by atoms with Crippen LogP contribution in [0.4, 0.5) is 38.6 Å². The van der Waals surface area contributed by atoms with Crippen molar-refractivity contribution in [2.45, 2.75) is 43.8 Å². The number of nitrogens with two attached hydrogens (primary N) is 2. The number of alkyl halides is 3. The number of pyridine rings is 1. The number of methoxy groups -OCH3 is 1. The number of nitrogens with one attached hydrogen (secondary N) is 1. The number of thiophene rings is 1. The van der Waals surface area contributed by atoms with Gasteiger partial charge in [-0.25, -0.2) is 18.2 Å². The highest BCUT2D eigenvalue weighted by Gasteiger charge is 2.35. The quantitative estimate of drug-likeness (QED) is 0.125. The van der Waals surface area contributed by atoms with Gasteiger partial charge in [-0.3, -0.25) is 4.90 Å². The number of hydrogen-bond acceptors (Lipinski definition) is 11. The van der Waals surface area contributed by atoms with E-state index in [1.54, 1.807) is 0 Å². The molecule has 5 aromatic rings. The molecule has 2 saturated heterocycles. The summed E-state index contributed by atoms with van der Waals surface area (Å²) in [5, 5.41) is 13.2. The molecule has 276 valence electrons. The predicted molar refractivity (Wildman–Crippen MR) is 195 cm³/mol. The maximum absolute atomic E-state index is 15.9. The lowest BCUT2D eigenvalue weighted by Gasteiger charge is -2.16. The molecule has 0 radical (unpaired) electrons. The second-order valence-corrected chi connectivity index (χ2v) is 13.8. The number of terminal acetylenes is 1. The van der Waals surface area contributed by atoms with Gasteiger partial charge >= 0.3 is 11.9 Å². The summed E-state index contributed by atoms with van der Waals surface area (Å²) in [5.41, 5.74) is 11.7. The number of nitriles is 1. The Morgan fingerprint density at radius 2 is 2.02 bits per heavy atom. The van der Waals surface area contributed by atoms with Gasteiger partial charge in [0.2, 0.25) is 0 Å². The van der Waals surface area contributed by atoms with Gasteiger partial charge in [0.1, 0.15) is 46.8 Å². The van der Waals surface area contributed by atoms with Crippen molar-refractivity contribution in [1.29, 1.82) is 5.26 Å². The summed E-state index contributed by atoms with van der Waals surface area (Å²) in [6.07, 6.45) is 8.33. The minimum atomic E-state index is -3.16. The molecule has 8 rings (SSSR count). The molecular formula is C36H32ClF5N8O2S. The summed E-state index contributed by atoms with van der Waals surface area (Å²) in [6, 6.07) is 8.11. The van der Waals surface area contributed by atoms with Crippen LogP contribution in [0.1, 0.15) is 30.4 Å². The van der Waals surface area contributed by atoms with Gasteiger partial charge in [-0.15, -0.1) is 17.8 Å². The highest BCUT2D eigenvalue weighted by atomic mass is 35.5. The van der Waals surface area contributed by atoms with Gasteiger partial charge in [-0.05, 0) is 49.4 Å². The highest BCUT2D eigenvalue weighted by Crippen LogP contribution is 2.50. The molecule has 2 unspecified atom stereocenters. The zero-order valence-electron chi connectivity index (χ0n) is 28.2. The van der Waals surface area contributed by atoms with Crippen molar-refractivity contribution >= 4 is 60.6 Å². The molecule has 3 aromatic heterocycles. The lowest BCUT2D eigenvalue weighted by molar-refractivity contribution is 0.0673. The van der Waals surface area contributed by atoms with Crippen molar-refractivity contribution in [3.8, 4) is 41.3 Å². The summed E-state index contributed by atoms with van der Waals surface area (Å²) in [7, 11) is 1.37. The molecule has 0 saturated carbocycles. The van der Waals surface area contributed by atoms with Crippen molar-refractivity contribution in [2.24, 2.45) is 0 Å². The summed E-state index contributed by atoms with van der Waals surface area (Å²) in [6.45, 7) is 2.50. The second kappa shape index (κ2) is 15.4. The van der Waals surface area contributed by atoms with Crippen molar-refractivity contribution in [3.05, 3.63) is 58.2 Å². The number of nitrogens with zero attached hydrogens (tertiary/aromatic N) is 5. The van der Waals surface area contributed by atoms with E-state index in [-0.39, 0.29) is 77.5 Å². The van der Waals surface area contributed by atoms with E-state index in [4.69, 9.17) is 32.5 Å². The average molecular weight is 771 g/mol. The second-order valence-electron chi connectivity index (χ2n) is 12.3. The largest absolute Gasteiger partial charge is 0.489 e. The number of ether oxygens (including phenoxy) is 2. The van der Waals surface area contributed by atoms with Crippen molar-refractivity contribution < 1.29 is 31.4 Å². The number of anilines is 3. The monoisotopic (exact) mass is 770 g/mol. The Hall–Kier alpha value is -5.16. The van der Waals surface area contributed by atoms with Gasteiger partial charge in [0.05, 0.1) is 40.7 Å². The topological polar surface area (TPSA) is 148 Å². The van der Waals surface area contributed by atoms with Gasteiger partial charge in [0.15, 0.2) is 11.6 Å². The third-order valence-corrected chi connectivity index (χ3v) is 10.4. The molecule has 0 amide bonds. The Morgan fingerprint density at radius 1 is 1.23 bits per heavy atom. The van der Waals surface area contributed by atoms with E-state index < -0.39 is 30.1 Å². The maximum atomic E-state index is 15.9. The molecule has 3 aliphatic rings. The molecule has 2 aromatic carbocycles. The number of halogens is 6. The molecule has 6 heterocycles. The number of aromatic nitrogens is 3. The zero-order valence-corrected chi connectivity index (χ0v) is 29.7. The molecule has 2 fully saturated rings. The van der Waals surface area contributed by atoms with Crippen LogP contribution in [0.2, 0.25) is 5.02 Å². The van der Waals surface area contributed by atoms with E-state index in [0.717, 1.165) is 24.3 Å². The lowest BCUT2D eigenvalue weighted by Crippen LogP contribution is -2.22. The van der Waals surface area contributed by atoms with Gasteiger partial charge in [0.25, 0.3) is 0 Å². The molecule has 2 atom stereocenters. The highest BCUT2D eigenvalue weighted by molar-refractivity contribution is 7.23. The molecule has 0 bridgehead atoms. The molecule has 10 nitrogen and oxygen atoms in total. The Bertz CT molecular complexity index is 2270. The van der Waals surface area contributed by atoms with Crippen LogP contribution in [0, 0.1) is 35.3 Å². The van der Waals surface area contributed by atoms with Crippen LogP contribution in [0.3, 0.4) is 0 Å². The van der Waals surface area contributed by atoms with Crippen LogP contribution in [0.5, 0.6) is 11.8 Å². The summed E-state index contributed by atoms with van der Waals surface area (Å²) < 4.78 is 79.5. The fourth-order valence-electron chi connectivity index (χ4n) is 6.59. The first kappa shape index (κ1) is 37.6. The van der Waals surface area contributed by atoms with E-state index in [2.05, 4.69) is 31.6 Å². The average Bonchev–Trinajstić information content (AvgIpc) is 3.77. The SMILES string of the molecule is C#CC(F)(F)Cc1cccnc1N.COc1nc2c3c(c(Cl)c(-c4ccc(F)c5sc(N)c(C#N)c45)c(F)c3n1)OCCN2.FC1CC2CCCN2C1. The van der Waals surface area contributed by atoms with Crippen LogP contribution >= 0.6 is 22.9 Å². The molecule has 0 spiro atoms. The third-order valence-electron chi connectivity index (χ3n) is 8.99. The van der Waals surface area contributed by atoms with Crippen molar-refractivity contribution in [2.75, 3.05) is 50.1 Å². The summed E-state index contributed by atoms with van der Waals surface area (Å²) in [4.78, 5) is 14.3. The van der Waals surface area contributed by atoms with Crippen molar-refractivity contribution in [3.63, 3.8) is 0 Å². The molecule has 17 heteroatoms. The van der Waals surface area contributed by atoms with Gasteiger partial charge in [-0.2, -0.15) is 24.0 Å². The van der Waals surface area contributed by atoms with Crippen LogP contribution < -0.4 is 26.3 Å². The van der Waals surface area contributed by atoms with E-state index in [1.165, 1.54) is 56.3 Å². The van der Waals surface area contributed by atoms with Gasteiger partial charge in [-0.1, -0.05) is 23.7 Å². The molecule has 3 aliphatic heterocycles. The van der Waals surface area contributed by atoms with Crippen LogP contribution in [0.15, 0.2) is 30.5 Å². The number of fused-ring (bicyclic) bond motifs is 2. The standard InChI is InChI=1S/C20H12ClF2N5O2S.C9H8F2N2.C7H12FN/c1-29-20-27-15-12-16(30-5-4-26-19(12)28-20)13(21)11(14(15)23)7-2-3-9(22)17-10(7)8(6-24)18(25)31-17;1-2-9(10,11)6-7-4-3-5-13-8(7)12;8-6-4-7-2-1-3-9(7)5-6/h2-3H,4-5,25H2,1H3,(H,26,27,28);1,3-5H,6H2,(H2,12,13);6-7H,1-5H2. The Kier molecular flexibility index (Phi) is 11.0. The van der Waals surface area contributed by atoms with Crippen LogP contribution in [-0.2, 0) is 6.42 Å². The zero-order chi connectivity index (χ0) is 38.0. The fourth-order valence-corrected chi connectivity index (χ4v) is 7.87. The first-order valence-electron chi connectivity index (χ1n) is 16.3. The predicted octanol–water partition coefficient (Wildman–Crippen LogP) is 7.38. The first-order chi connectivity index (χ1) is 25.4. The third kappa shape index (κ3) is 7.53. The van der Waals surface area contributed by atoms with Gasteiger partial charge < -0.3 is 26.3 Å². The molecular weight excluding hydrogens is 739 g/mol. The summed E-state index contributed by atoms with van der Waals surface area (Å²) in [5.74, 6) is -2.50. The molecule has 53 heavy (non-hydrogen) atoms. The van der Waals surface area contributed by atoms with E-state index >= 15 is 4.39 Å². The Labute approximate surface area is 309 Å². The number of rotatable bonds is 4. The number of benzene rings is 2. The molecule has 0 aliphatic carbocycles. The number of nitrogen functional groups attached to an aromatic ring is 2. The fraction of sp³-hybridized carbons (Fsp3) is 0.333. The Balaban J connectivity index is 0.000000178.